The zero-order chi connectivity index (χ0) is 16.4. The molecule has 0 radical (unpaired) electrons. The third-order valence-corrected chi connectivity index (χ3v) is 3.69. The van der Waals surface area contributed by atoms with Gasteiger partial charge in [0.25, 0.3) is 5.91 Å². The van der Waals surface area contributed by atoms with Gasteiger partial charge < -0.3 is 10.1 Å². The largest absolute Gasteiger partial charge is 0.498 e. The summed E-state index contributed by atoms with van der Waals surface area (Å²) in [6, 6.07) is 3.83. The Balaban J connectivity index is 1.87. The van der Waals surface area contributed by atoms with E-state index < -0.39 is 18.0 Å². The first-order valence-electron chi connectivity index (χ1n) is 7.23. The van der Waals surface area contributed by atoms with Crippen LogP contribution < -0.4 is 15.5 Å². The van der Waals surface area contributed by atoms with Crippen LogP contribution >= 0.6 is 0 Å². The number of hydrogen-bond donors (Lipinski definition) is 2. The number of amides is 4. The molecule has 2 saturated heterocycles. The van der Waals surface area contributed by atoms with E-state index in [0.717, 1.165) is 6.42 Å². The summed E-state index contributed by atoms with van der Waals surface area (Å²) in [5, 5.41) is 4.61. The van der Waals surface area contributed by atoms with Crippen LogP contribution in [-0.4, -0.2) is 42.5 Å². The van der Waals surface area contributed by atoms with Crippen molar-refractivity contribution in [3.05, 3.63) is 29.7 Å². The molecule has 0 aromatic carbocycles. The average molecular weight is 316 g/mol. The first-order chi connectivity index (χ1) is 11.1. The third kappa shape index (κ3) is 3.01. The van der Waals surface area contributed by atoms with Gasteiger partial charge in [0.1, 0.15) is 11.6 Å². The number of ether oxygens (including phenoxy) is 1. The number of anilines is 1. The molecule has 2 N–H and O–H groups in total. The molecule has 8 heteroatoms. The molecule has 4 amide bonds. The summed E-state index contributed by atoms with van der Waals surface area (Å²) in [6.45, 7) is 0.650. The van der Waals surface area contributed by atoms with E-state index >= 15 is 0 Å². The van der Waals surface area contributed by atoms with Crippen molar-refractivity contribution in [2.24, 2.45) is 0 Å². The number of carbonyl (C=O) groups excluding carboxylic acids is 3. The topological polar surface area (TPSA) is 101 Å². The molecule has 3 heterocycles. The Morgan fingerprint density at radius 2 is 2.22 bits per heavy atom. The fourth-order valence-corrected chi connectivity index (χ4v) is 2.58. The Kier molecular flexibility index (Phi) is 3.96. The second-order valence-corrected chi connectivity index (χ2v) is 5.22. The lowest BCUT2D eigenvalue weighted by molar-refractivity contribution is -0.120. The molecule has 120 valence electrons. The van der Waals surface area contributed by atoms with Crippen LogP contribution in [0.3, 0.4) is 0 Å². The van der Waals surface area contributed by atoms with E-state index in [1.807, 2.05) is 0 Å². The quantitative estimate of drug-likeness (QED) is 0.619. The van der Waals surface area contributed by atoms with Gasteiger partial charge in [-0.15, -0.1) is 0 Å². The first kappa shape index (κ1) is 15.0. The molecule has 1 aromatic heterocycles. The summed E-state index contributed by atoms with van der Waals surface area (Å²) >= 11 is 0. The molecule has 0 saturated carbocycles. The molecular weight excluding hydrogens is 300 g/mol. The van der Waals surface area contributed by atoms with Crippen molar-refractivity contribution in [3.8, 4) is 0 Å². The Bertz CT molecular complexity index is 700. The third-order valence-electron chi connectivity index (χ3n) is 3.69. The van der Waals surface area contributed by atoms with Crippen LogP contribution in [-0.2, 0) is 14.3 Å². The Labute approximate surface area is 132 Å². The monoisotopic (exact) mass is 316 g/mol. The highest BCUT2D eigenvalue weighted by Crippen LogP contribution is 2.20. The van der Waals surface area contributed by atoms with E-state index in [1.54, 1.807) is 29.2 Å². The van der Waals surface area contributed by atoms with Crippen LogP contribution in [0.5, 0.6) is 0 Å². The van der Waals surface area contributed by atoms with E-state index in [2.05, 4.69) is 15.6 Å². The molecule has 0 bridgehead atoms. The van der Waals surface area contributed by atoms with Crippen LogP contribution in [0.15, 0.2) is 24.0 Å². The number of nitrogens with zero attached hydrogens (tertiary/aromatic N) is 2. The van der Waals surface area contributed by atoms with Gasteiger partial charge in [-0.3, -0.25) is 19.8 Å². The number of urea groups is 1. The molecule has 3 rings (SSSR count). The van der Waals surface area contributed by atoms with E-state index in [0.29, 0.717) is 24.5 Å². The summed E-state index contributed by atoms with van der Waals surface area (Å²) < 4.78 is 5.21. The highest BCUT2D eigenvalue weighted by atomic mass is 16.5. The van der Waals surface area contributed by atoms with Gasteiger partial charge in [-0.05, 0) is 18.6 Å². The molecule has 1 atom stereocenters. The highest BCUT2D eigenvalue weighted by Gasteiger charge is 2.33. The lowest BCUT2D eigenvalue weighted by Crippen LogP contribution is -2.31. The van der Waals surface area contributed by atoms with Gasteiger partial charge in [0, 0.05) is 19.0 Å². The van der Waals surface area contributed by atoms with Crippen molar-refractivity contribution in [2.45, 2.75) is 18.9 Å². The predicted molar refractivity (Wildman–Crippen MR) is 81.3 cm³/mol. The van der Waals surface area contributed by atoms with Gasteiger partial charge in [0.2, 0.25) is 5.91 Å². The SMILES string of the molecule is CO/C(=C\c1cccc(N2CCCC2=O)n1)C1NC(=O)NC1=O. The number of rotatable bonds is 4. The lowest BCUT2D eigenvalue weighted by Gasteiger charge is -2.15. The molecule has 1 unspecified atom stereocenters. The molecule has 0 aliphatic carbocycles. The second-order valence-electron chi connectivity index (χ2n) is 5.22. The van der Waals surface area contributed by atoms with Crippen LogP contribution in [0.2, 0.25) is 0 Å². The molecule has 0 spiro atoms. The van der Waals surface area contributed by atoms with Crippen molar-refractivity contribution in [3.63, 3.8) is 0 Å². The minimum absolute atomic E-state index is 0.0491. The number of imide groups is 1. The van der Waals surface area contributed by atoms with Crippen LogP contribution in [0, 0.1) is 0 Å². The van der Waals surface area contributed by atoms with E-state index in [-0.39, 0.29) is 11.7 Å². The van der Waals surface area contributed by atoms with Crippen LogP contribution in [0.1, 0.15) is 18.5 Å². The zero-order valence-electron chi connectivity index (χ0n) is 12.5. The predicted octanol–water partition coefficient (Wildman–Crippen LogP) is 0.404. The van der Waals surface area contributed by atoms with E-state index in [9.17, 15) is 14.4 Å². The Hall–Kier alpha value is -2.90. The van der Waals surface area contributed by atoms with Crippen LogP contribution in [0.4, 0.5) is 10.6 Å². The fraction of sp³-hybridized carbons (Fsp3) is 0.333. The maximum Gasteiger partial charge on any atom is 0.322 e. The Morgan fingerprint density at radius 3 is 2.83 bits per heavy atom. The van der Waals surface area contributed by atoms with Gasteiger partial charge in [-0.25, -0.2) is 9.78 Å². The second kappa shape index (κ2) is 6.07. The zero-order valence-corrected chi connectivity index (χ0v) is 12.5. The number of aromatic nitrogens is 1. The lowest BCUT2D eigenvalue weighted by atomic mass is 10.2. The summed E-state index contributed by atoms with van der Waals surface area (Å²) in [5.74, 6) is 0.407. The maximum atomic E-state index is 11.8. The van der Waals surface area contributed by atoms with Gasteiger partial charge >= 0.3 is 6.03 Å². The number of methoxy groups -OCH3 is 1. The fourth-order valence-electron chi connectivity index (χ4n) is 2.58. The van der Waals surface area contributed by atoms with Gasteiger partial charge in [-0.1, -0.05) is 6.07 Å². The van der Waals surface area contributed by atoms with Crippen molar-refractivity contribution < 1.29 is 19.1 Å². The number of nitrogens with one attached hydrogen (secondary N) is 2. The standard InChI is InChI=1S/C15H16N4O4/c1-23-10(13-14(21)18-15(22)17-13)8-9-4-2-5-11(16-9)19-7-3-6-12(19)20/h2,4-5,8,13H,3,6-7H2,1H3,(H2,17,18,21,22)/b10-8-. The normalized spacial score (nSPS) is 21.4. The van der Waals surface area contributed by atoms with Crippen LogP contribution in [0.25, 0.3) is 6.08 Å². The van der Waals surface area contributed by atoms with Gasteiger partial charge in [0.15, 0.2) is 6.04 Å². The van der Waals surface area contributed by atoms with Crippen molar-refractivity contribution >= 4 is 29.7 Å². The van der Waals surface area contributed by atoms with E-state index in [4.69, 9.17) is 4.74 Å². The number of pyridine rings is 1. The van der Waals surface area contributed by atoms with Crippen molar-refractivity contribution in [1.29, 1.82) is 0 Å². The Morgan fingerprint density at radius 1 is 1.39 bits per heavy atom. The summed E-state index contributed by atoms with van der Waals surface area (Å²) in [4.78, 5) is 40.8. The van der Waals surface area contributed by atoms with Crippen molar-refractivity contribution in [2.75, 3.05) is 18.6 Å². The summed E-state index contributed by atoms with van der Waals surface area (Å²) in [5.41, 5.74) is 0.535. The molecule has 2 fully saturated rings. The van der Waals surface area contributed by atoms with Crippen molar-refractivity contribution in [1.82, 2.24) is 15.6 Å². The highest BCUT2D eigenvalue weighted by molar-refractivity contribution is 6.06. The molecule has 8 nitrogen and oxygen atoms in total. The number of hydrogen-bond acceptors (Lipinski definition) is 5. The smallest absolute Gasteiger partial charge is 0.322 e. The molecule has 23 heavy (non-hydrogen) atoms. The average Bonchev–Trinajstić information content (AvgIpc) is 3.10. The van der Waals surface area contributed by atoms with Gasteiger partial charge in [-0.2, -0.15) is 0 Å². The minimum Gasteiger partial charge on any atom is -0.498 e. The summed E-state index contributed by atoms with van der Waals surface area (Å²) in [6.07, 6.45) is 2.91. The molecule has 2 aliphatic heterocycles. The maximum absolute atomic E-state index is 11.8. The van der Waals surface area contributed by atoms with Gasteiger partial charge in [0.05, 0.1) is 12.8 Å². The van der Waals surface area contributed by atoms with E-state index in [1.165, 1.54) is 7.11 Å². The minimum atomic E-state index is -0.883. The summed E-state index contributed by atoms with van der Waals surface area (Å²) in [7, 11) is 1.41. The molecular formula is C15H16N4O4. The molecule has 2 aliphatic rings. The number of carbonyl (C=O) groups is 3. The first-order valence-corrected chi connectivity index (χ1v) is 7.23. The molecule has 1 aromatic rings.